The van der Waals surface area contributed by atoms with E-state index < -0.39 is 17.9 Å². The van der Waals surface area contributed by atoms with Crippen molar-refractivity contribution >= 4 is 11.9 Å². The Hall–Kier alpha value is -1.32. The van der Waals surface area contributed by atoms with Gasteiger partial charge in [-0.3, -0.25) is 9.59 Å². The Kier molecular flexibility index (Phi) is 12.8. The summed E-state index contributed by atoms with van der Waals surface area (Å²) in [6.07, 6.45) is 9.68. The zero-order chi connectivity index (χ0) is 15.9. The summed E-state index contributed by atoms with van der Waals surface area (Å²) in [7, 11) is 0. The molecule has 0 fully saturated rings. The molecule has 0 N–H and O–H groups in total. The van der Waals surface area contributed by atoms with Gasteiger partial charge in [-0.15, -0.1) is 0 Å². The Morgan fingerprint density at radius 2 is 1.48 bits per heavy atom. The summed E-state index contributed by atoms with van der Waals surface area (Å²) in [5, 5.41) is 0. The van der Waals surface area contributed by atoms with Gasteiger partial charge in [0.15, 0.2) is 5.92 Å². The zero-order valence-electron chi connectivity index (χ0n) is 13.7. The van der Waals surface area contributed by atoms with Gasteiger partial charge in [0.05, 0.1) is 13.2 Å². The number of esters is 2. The van der Waals surface area contributed by atoms with Gasteiger partial charge in [0.2, 0.25) is 0 Å². The molecule has 4 heteroatoms. The molecule has 0 rings (SSSR count). The van der Waals surface area contributed by atoms with E-state index in [1.807, 2.05) is 32.9 Å². The smallest absolute Gasteiger partial charge is 0.320 e. The van der Waals surface area contributed by atoms with Crippen molar-refractivity contribution in [1.29, 1.82) is 0 Å². The van der Waals surface area contributed by atoms with Crippen LogP contribution in [-0.2, 0) is 19.1 Å². The lowest BCUT2D eigenvalue weighted by Gasteiger charge is -2.15. The van der Waals surface area contributed by atoms with Crippen molar-refractivity contribution in [2.24, 2.45) is 5.92 Å². The van der Waals surface area contributed by atoms with Gasteiger partial charge in [-0.05, 0) is 39.0 Å². The van der Waals surface area contributed by atoms with Crippen molar-refractivity contribution in [2.45, 2.75) is 65.7 Å². The molecule has 0 radical (unpaired) electrons. The molecule has 0 bridgehead atoms. The quantitative estimate of drug-likeness (QED) is 0.236. The highest BCUT2D eigenvalue weighted by Gasteiger charge is 2.29. The number of rotatable bonds is 12. The summed E-state index contributed by atoms with van der Waals surface area (Å²) in [6, 6.07) is 0. The minimum absolute atomic E-state index is 0.378. The van der Waals surface area contributed by atoms with E-state index in [2.05, 4.69) is 0 Å². The standard InChI is InChI=1S/C17H30O4/c1-4-7-10-11-12-15(16(18)20-13-8-5-2)17(19)21-14-9-6-3/h4,7,15H,5-6,8-14H2,1-3H3. The summed E-state index contributed by atoms with van der Waals surface area (Å²) in [5.41, 5.74) is 0. The van der Waals surface area contributed by atoms with Crippen LogP contribution in [0, 0.1) is 5.92 Å². The lowest BCUT2D eigenvalue weighted by atomic mass is 10.0. The number of allylic oxidation sites excluding steroid dienone is 2. The second-order valence-corrected chi connectivity index (χ2v) is 5.09. The number of hydrogen-bond acceptors (Lipinski definition) is 4. The Morgan fingerprint density at radius 1 is 0.952 bits per heavy atom. The van der Waals surface area contributed by atoms with Gasteiger partial charge in [-0.25, -0.2) is 0 Å². The highest BCUT2D eigenvalue weighted by Crippen LogP contribution is 2.14. The number of hydrogen-bond donors (Lipinski definition) is 0. The molecule has 0 amide bonds. The number of unbranched alkanes of at least 4 members (excludes halogenated alkanes) is 3. The van der Waals surface area contributed by atoms with Crippen LogP contribution in [0.1, 0.15) is 65.7 Å². The van der Waals surface area contributed by atoms with Crippen molar-refractivity contribution in [1.82, 2.24) is 0 Å². The van der Waals surface area contributed by atoms with Gasteiger partial charge in [0.1, 0.15) is 0 Å². The SMILES string of the molecule is CC=CCCCC(C(=O)OCCCC)C(=O)OCCCC. The van der Waals surface area contributed by atoms with Crippen LogP contribution >= 0.6 is 0 Å². The number of carbonyl (C=O) groups is 2. The van der Waals surface area contributed by atoms with E-state index in [9.17, 15) is 9.59 Å². The fraction of sp³-hybridized carbons (Fsp3) is 0.765. The van der Waals surface area contributed by atoms with Gasteiger partial charge in [-0.2, -0.15) is 0 Å². The summed E-state index contributed by atoms with van der Waals surface area (Å²) >= 11 is 0. The van der Waals surface area contributed by atoms with Crippen LogP contribution in [-0.4, -0.2) is 25.2 Å². The van der Waals surface area contributed by atoms with Crippen LogP contribution < -0.4 is 0 Å². The zero-order valence-corrected chi connectivity index (χ0v) is 13.7. The molecule has 0 aromatic carbocycles. The Labute approximate surface area is 128 Å². The maximum absolute atomic E-state index is 12.0. The van der Waals surface area contributed by atoms with Crippen molar-refractivity contribution in [3.63, 3.8) is 0 Å². The molecule has 21 heavy (non-hydrogen) atoms. The minimum Gasteiger partial charge on any atom is -0.465 e. The molecule has 0 spiro atoms. The maximum Gasteiger partial charge on any atom is 0.320 e. The topological polar surface area (TPSA) is 52.6 Å². The first kappa shape index (κ1) is 19.7. The molecule has 122 valence electrons. The minimum atomic E-state index is -0.774. The monoisotopic (exact) mass is 298 g/mol. The van der Waals surface area contributed by atoms with Gasteiger partial charge < -0.3 is 9.47 Å². The Balaban J connectivity index is 4.36. The fourth-order valence-electron chi connectivity index (χ4n) is 1.77. The van der Waals surface area contributed by atoms with Crippen LogP contribution in [0.3, 0.4) is 0 Å². The van der Waals surface area contributed by atoms with Crippen LogP contribution in [0.2, 0.25) is 0 Å². The summed E-state index contributed by atoms with van der Waals surface area (Å²) in [5.74, 6) is -1.65. The van der Waals surface area contributed by atoms with Crippen LogP contribution in [0.4, 0.5) is 0 Å². The molecule has 0 aromatic rings. The second kappa shape index (κ2) is 13.7. The Morgan fingerprint density at radius 3 is 1.90 bits per heavy atom. The summed E-state index contributed by atoms with van der Waals surface area (Å²) < 4.78 is 10.3. The molecule has 4 nitrogen and oxygen atoms in total. The van der Waals surface area contributed by atoms with Crippen LogP contribution in [0.15, 0.2) is 12.2 Å². The van der Waals surface area contributed by atoms with Crippen LogP contribution in [0.25, 0.3) is 0 Å². The third-order valence-electron chi connectivity index (χ3n) is 3.15. The van der Waals surface area contributed by atoms with E-state index in [0.29, 0.717) is 19.6 Å². The number of carbonyl (C=O) groups excluding carboxylic acids is 2. The molecule has 0 unspecified atom stereocenters. The normalized spacial score (nSPS) is 11.0. The molecule has 0 saturated carbocycles. The van der Waals surface area contributed by atoms with E-state index in [0.717, 1.165) is 38.5 Å². The van der Waals surface area contributed by atoms with Crippen molar-refractivity contribution in [3.05, 3.63) is 12.2 Å². The molecule has 0 heterocycles. The molecule has 0 atom stereocenters. The first-order valence-corrected chi connectivity index (χ1v) is 8.11. The van der Waals surface area contributed by atoms with Crippen LogP contribution in [0.5, 0.6) is 0 Å². The molecular weight excluding hydrogens is 268 g/mol. The highest BCUT2D eigenvalue weighted by atomic mass is 16.6. The largest absolute Gasteiger partial charge is 0.465 e. The van der Waals surface area contributed by atoms with E-state index in [1.165, 1.54) is 0 Å². The van der Waals surface area contributed by atoms with E-state index >= 15 is 0 Å². The van der Waals surface area contributed by atoms with E-state index in [4.69, 9.17) is 9.47 Å². The second-order valence-electron chi connectivity index (χ2n) is 5.09. The first-order chi connectivity index (χ1) is 10.2. The van der Waals surface area contributed by atoms with Crippen molar-refractivity contribution < 1.29 is 19.1 Å². The lowest BCUT2D eigenvalue weighted by molar-refractivity contribution is -0.162. The lowest BCUT2D eigenvalue weighted by Crippen LogP contribution is -2.28. The molecule has 0 aliphatic heterocycles. The predicted molar refractivity (Wildman–Crippen MR) is 83.9 cm³/mol. The fourth-order valence-corrected chi connectivity index (χ4v) is 1.77. The predicted octanol–water partition coefficient (Wildman–Crippen LogP) is 4.04. The summed E-state index contributed by atoms with van der Waals surface area (Å²) in [4.78, 5) is 24.0. The van der Waals surface area contributed by atoms with Crippen molar-refractivity contribution in [3.8, 4) is 0 Å². The maximum atomic E-state index is 12.0. The van der Waals surface area contributed by atoms with Gasteiger partial charge in [0, 0.05) is 0 Å². The molecule has 0 aliphatic carbocycles. The van der Waals surface area contributed by atoms with E-state index in [-0.39, 0.29) is 0 Å². The van der Waals surface area contributed by atoms with E-state index in [1.54, 1.807) is 0 Å². The number of ether oxygens (including phenoxy) is 2. The third-order valence-corrected chi connectivity index (χ3v) is 3.15. The van der Waals surface area contributed by atoms with Gasteiger partial charge in [-0.1, -0.05) is 38.8 Å². The van der Waals surface area contributed by atoms with Gasteiger partial charge in [0.25, 0.3) is 0 Å². The molecule has 0 aliphatic rings. The third kappa shape index (κ3) is 10.1. The Bertz CT molecular complexity index is 288. The average molecular weight is 298 g/mol. The molecular formula is C17H30O4. The first-order valence-electron chi connectivity index (χ1n) is 8.11. The molecule has 0 saturated heterocycles. The average Bonchev–Trinajstić information content (AvgIpc) is 2.47. The highest BCUT2D eigenvalue weighted by molar-refractivity contribution is 5.94. The van der Waals surface area contributed by atoms with Gasteiger partial charge >= 0.3 is 11.9 Å². The van der Waals surface area contributed by atoms with Crippen molar-refractivity contribution in [2.75, 3.05) is 13.2 Å². The summed E-state index contributed by atoms with van der Waals surface area (Å²) in [6.45, 7) is 6.77. The molecule has 0 aromatic heterocycles.